The minimum Gasteiger partial charge on any atom is -0.493 e. The van der Waals surface area contributed by atoms with Gasteiger partial charge in [0.1, 0.15) is 11.5 Å². The maximum Gasteiger partial charge on any atom is 0.313 e. The van der Waals surface area contributed by atoms with Crippen molar-refractivity contribution in [3.05, 3.63) is 96.1 Å². The highest BCUT2D eigenvalue weighted by molar-refractivity contribution is 7.91. The van der Waals surface area contributed by atoms with Crippen LogP contribution in [0.4, 0.5) is 0 Å². The summed E-state index contributed by atoms with van der Waals surface area (Å²) in [5.74, 6) is 1.20. The Labute approximate surface area is 356 Å². The number of ether oxygens (including phenoxy) is 3. The van der Waals surface area contributed by atoms with E-state index in [-0.39, 0.29) is 27.6 Å². The summed E-state index contributed by atoms with van der Waals surface area (Å²) < 4.78 is 64.7. The van der Waals surface area contributed by atoms with Crippen molar-refractivity contribution in [3.8, 4) is 33.8 Å². The average Bonchev–Trinajstić information content (AvgIpc) is 4.14. The van der Waals surface area contributed by atoms with Crippen molar-refractivity contribution in [3.63, 3.8) is 0 Å². The molecule has 60 heavy (non-hydrogen) atoms. The first-order chi connectivity index (χ1) is 28.3. The number of carboxylic acids is 1. The summed E-state index contributed by atoms with van der Waals surface area (Å²) in [5.41, 5.74) is 4.92. The molecule has 0 aromatic heterocycles. The van der Waals surface area contributed by atoms with Crippen LogP contribution in [0.3, 0.4) is 0 Å². The number of benzene rings is 4. The van der Waals surface area contributed by atoms with Gasteiger partial charge >= 0.3 is 11.9 Å². The maximum absolute atomic E-state index is 12.7. The number of carbonyl (C=O) groups is 2. The molecular formula is C48H60O10S2. The predicted octanol–water partition coefficient (Wildman–Crippen LogP) is 10.00. The number of rotatable bonds is 19. The Morgan fingerprint density at radius 1 is 0.617 bits per heavy atom. The van der Waals surface area contributed by atoms with Gasteiger partial charge in [-0.2, -0.15) is 0 Å². The smallest absolute Gasteiger partial charge is 0.313 e. The van der Waals surface area contributed by atoms with Crippen LogP contribution in [0.2, 0.25) is 0 Å². The third kappa shape index (κ3) is 13.4. The topological polar surface area (TPSA) is 150 Å². The number of carboxylic acid groups (broad SMARTS) is 1. The Hall–Kier alpha value is -4.68. The van der Waals surface area contributed by atoms with Crippen molar-refractivity contribution < 1.29 is 45.7 Å². The van der Waals surface area contributed by atoms with Crippen LogP contribution >= 0.6 is 0 Å². The van der Waals surface area contributed by atoms with E-state index in [0.29, 0.717) is 56.2 Å². The molecule has 4 aromatic carbocycles. The summed E-state index contributed by atoms with van der Waals surface area (Å²) in [6.45, 7) is 11.7. The number of carbonyl (C=O) groups excluding carboxylic acids is 1. The van der Waals surface area contributed by atoms with Crippen LogP contribution in [0.1, 0.15) is 96.1 Å². The molecule has 2 atom stereocenters. The minimum absolute atomic E-state index is 0.221. The highest BCUT2D eigenvalue weighted by Gasteiger charge is 2.27. The molecule has 2 fully saturated rings. The number of hydrogen-bond donors (Lipinski definition) is 1. The lowest BCUT2D eigenvalue weighted by Crippen LogP contribution is -2.18. The molecule has 0 spiro atoms. The van der Waals surface area contributed by atoms with Gasteiger partial charge in [0, 0.05) is 23.6 Å². The first kappa shape index (κ1) is 46.4. The van der Waals surface area contributed by atoms with Gasteiger partial charge in [-0.1, -0.05) is 64.1 Å². The van der Waals surface area contributed by atoms with Crippen LogP contribution < -0.4 is 9.47 Å². The van der Waals surface area contributed by atoms with Crippen LogP contribution in [-0.2, 0) is 34.0 Å². The van der Waals surface area contributed by atoms with E-state index in [9.17, 15) is 31.5 Å². The van der Waals surface area contributed by atoms with E-state index in [1.807, 2.05) is 57.2 Å². The van der Waals surface area contributed by atoms with Gasteiger partial charge in [0.15, 0.2) is 19.7 Å². The summed E-state index contributed by atoms with van der Waals surface area (Å²) in [5, 5.41) is 9.72. The molecule has 1 N–H and O–H groups in total. The third-order valence-electron chi connectivity index (χ3n) is 10.6. The molecular weight excluding hydrogens is 801 g/mol. The van der Waals surface area contributed by atoms with Crippen molar-refractivity contribution in [1.82, 2.24) is 0 Å². The largest absolute Gasteiger partial charge is 0.493 e. The average molecular weight is 861 g/mol. The van der Waals surface area contributed by atoms with Gasteiger partial charge in [-0.25, -0.2) is 16.8 Å². The molecule has 0 bridgehead atoms. The molecule has 0 aliphatic heterocycles. The molecule has 0 saturated heterocycles. The number of hydrogen-bond acceptors (Lipinski definition) is 9. The molecule has 6 rings (SSSR count). The highest BCUT2D eigenvalue weighted by atomic mass is 32.2. The molecule has 2 aliphatic carbocycles. The van der Waals surface area contributed by atoms with Gasteiger partial charge in [-0.05, 0) is 140 Å². The van der Waals surface area contributed by atoms with Crippen molar-refractivity contribution in [2.24, 2.45) is 23.7 Å². The summed E-state index contributed by atoms with van der Waals surface area (Å²) >= 11 is 0. The SMILES string of the molecule is CC(C)CC(C(=O)O)c1ccc(OCC2CC2)c(-c2ccc(S(C)(=O)=O)cc2)c1.CCOC(=O)C(CC(C)C)c1ccc(OCC2CC2)c(-c2ccc(S(C)(=O)=O)cc2)c1. The minimum atomic E-state index is -3.28. The summed E-state index contributed by atoms with van der Waals surface area (Å²) in [4.78, 5) is 25.0. The van der Waals surface area contributed by atoms with Gasteiger partial charge in [0.05, 0.1) is 41.4 Å². The molecule has 2 aliphatic rings. The van der Waals surface area contributed by atoms with Crippen LogP contribution in [0, 0.1) is 23.7 Å². The third-order valence-corrected chi connectivity index (χ3v) is 12.9. The Bertz CT molecular complexity index is 2310. The van der Waals surface area contributed by atoms with Crippen molar-refractivity contribution in [2.75, 3.05) is 32.3 Å². The standard InChI is InChI=1S/C25H32O5S.C23H28O5S/c1-5-29-25(26)23(14-17(2)3)20-10-13-24(30-16-18-6-7-18)22(15-20)19-8-11-21(12-9-19)31(4,27)28;1-15(2)12-21(23(24)25)18-8-11-22(28-14-16-4-5-16)20(13-18)17-6-9-19(10-7-17)29(3,26)27/h8-13,15,17-18,23H,5-7,14,16H2,1-4H3;6-11,13,15-16,21H,4-5,12,14H2,1-3H3,(H,24,25). The maximum atomic E-state index is 12.7. The van der Waals surface area contributed by atoms with Gasteiger partial charge in [0.2, 0.25) is 0 Å². The second kappa shape index (κ2) is 20.3. The lowest BCUT2D eigenvalue weighted by Gasteiger charge is -2.20. The predicted molar refractivity (Wildman–Crippen MR) is 235 cm³/mol. The Kier molecular flexibility index (Phi) is 15.7. The van der Waals surface area contributed by atoms with E-state index >= 15 is 0 Å². The van der Waals surface area contributed by atoms with E-state index in [1.165, 1.54) is 38.2 Å². The molecule has 0 radical (unpaired) electrons. The fourth-order valence-electron chi connectivity index (χ4n) is 6.91. The van der Waals surface area contributed by atoms with E-state index < -0.39 is 31.6 Å². The fraction of sp³-hybridized carbons (Fsp3) is 0.458. The molecule has 4 aromatic rings. The zero-order valence-corrected chi connectivity index (χ0v) is 37.5. The molecule has 2 saturated carbocycles. The first-order valence-electron chi connectivity index (χ1n) is 20.9. The summed E-state index contributed by atoms with van der Waals surface area (Å²) in [7, 11) is -6.55. The summed E-state index contributed by atoms with van der Waals surface area (Å²) in [6, 6.07) is 24.8. The van der Waals surface area contributed by atoms with Crippen LogP contribution in [0.25, 0.3) is 22.3 Å². The Balaban J connectivity index is 0.000000228. The molecule has 0 amide bonds. The number of esters is 1. The lowest BCUT2D eigenvalue weighted by atomic mass is 9.88. The normalized spacial score (nSPS) is 15.2. The fourth-order valence-corrected chi connectivity index (χ4v) is 8.17. The van der Waals surface area contributed by atoms with Crippen LogP contribution in [0.5, 0.6) is 11.5 Å². The van der Waals surface area contributed by atoms with Crippen LogP contribution in [0.15, 0.2) is 94.7 Å². The zero-order valence-electron chi connectivity index (χ0n) is 35.8. The second-order valence-corrected chi connectivity index (χ2v) is 21.1. The number of aliphatic carboxylic acids is 1. The van der Waals surface area contributed by atoms with E-state index in [4.69, 9.17) is 14.2 Å². The molecule has 10 nitrogen and oxygen atoms in total. The lowest BCUT2D eigenvalue weighted by molar-refractivity contribution is -0.145. The van der Waals surface area contributed by atoms with E-state index in [1.54, 1.807) is 48.5 Å². The van der Waals surface area contributed by atoms with Gasteiger partial charge < -0.3 is 19.3 Å². The monoisotopic (exact) mass is 860 g/mol. The molecule has 12 heteroatoms. The van der Waals surface area contributed by atoms with E-state index in [2.05, 4.69) is 13.8 Å². The zero-order chi connectivity index (χ0) is 43.8. The quantitative estimate of drug-likeness (QED) is 0.0903. The first-order valence-corrected chi connectivity index (χ1v) is 24.7. The highest BCUT2D eigenvalue weighted by Crippen LogP contribution is 2.39. The molecule has 324 valence electrons. The second-order valence-electron chi connectivity index (χ2n) is 17.1. The van der Waals surface area contributed by atoms with Crippen LogP contribution in [-0.4, -0.2) is 66.2 Å². The van der Waals surface area contributed by atoms with E-state index in [0.717, 1.165) is 39.1 Å². The summed E-state index contributed by atoms with van der Waals surface area (Å²) in [6.07, 6.45) is 8.33. The van der Waals surface area contributed by atoms with Gasteiger partial charge in [-0.3, -0.25) is 9.59 Å². The van der Waals surface area contributed by atoms with Crippen molar-refractivity contribution in [1.29, 1.82) is 0 Å². The number of sulfone groups is 2. The van der Waals surface area contributed by atoms with Gasteiger partial charge in [0.25, 0.3) is 0 Å². The molecule has 2 unspecified atom stereocenters. The Morgan fingerprint density at radius 2 is 1.00 bits per heavy atom. The Morgan fingerprint density at radius 3 is 1.33 bits per heavy atom. The van der Waals surface area contributed by atoms with Gasteiger partial charge in [-0.15, -0.1) is 0 Å². The molecule has 0 heterocycles. The van der Waals surface area contributed by atoms with Crippen molar-refractivity contribution in [2.45, 2.75) is 94.8 Å². The van der Waals surface area contributed by atoms with Crippen molar-refractivity contribution >= 4 is 31.6 Å².